The molecule has 0 bridgehead atoms. The fourth-order valence-electron chi connectivity index (χ4n) is 5.86. The van der Waals surface area contributed by atoms with E-state index in [1.165, 1.54) is 11.1 Å². The van der Waals surface area contributed by atoms with Crippen molar-refractivity contribution in [2.45, 2.75) is 25.7 Å². The maximum Gasteiger partial charge on any atom is 0.209 e. The Balaban J connectivity index is 1.42. The number of ether oxygens (including phenoxy) is 1. The van der Waals surface area contributed by atoms with E-state index in [0.717, 1.165) is 46.6 Å². The Kier molecular flexibility index (Phi) is 5.60. The minimum atomic E-state index is -0.320. The summed E-state index contributed by atoms with van der Waals surface area (Å²) in [6, 6.07) is 24.5. The minimum Gasteiger partial charge on any atom is -0.506 e. The summed E-state index contributed by atoms with van der Waals surface area (Å²) >= 11 is 0. The van der Waals surface area contributed by atoms with Crippen molar-refractivity contribution in [3.05, 3.63) is 113 Å². The number of rotatable bonds is 6. The predicted octanol–water partition coefficient (Wildman–Crippen LogP) is 6.28. The third-order valence-corrected chi connectivity index (χ3v) is 7.99. The molecule has 0 unspecified atom stereocenters. The first kappa shape index (κ1) is 24.0. The number of aryl methyl sites for hydroxylation is 1. The van der Waals surface area contributed by atoms with Gasteiger partial charge in [-0.3, -0.25) is 4.79 Å². The number of carbonyl (C=O) groups excluding carboxylic acids is 1. The number of para-hydroxylation sites is 2. The molecule has 0 radical (unpaired) electrons. The number of ketones is 1. The highest BCUT2D eigenvalue weighted by Gasteiger charge is 2.46. The lowest BCUT2D eigenvalue weighted by molar-refractivity contribution is -0.436. The van der Waals surface area contributed by atoms with Gasteiger partial charge in [-0.25, -0.2) is 0 Å². The van der Waals surface area contributed by atoms with Gasteiger partial charge in [0.2, 0.25) is 11.5 Å². The lowest BCUT2D eigenvalue weighted by Gasteiger charge is -2.22. The summed E-state index contributed by atoms with van der Waals surface area (Å²) in [5, 5.41) is 12.2. The number of hydrogen-bond donors (Lipinski definition) is 1. The molecule has 3 aromatic carbocycles. The van der Waals surface area contributed by atoms with Crippen LogP contribution in [0.5, 0.6) is 5.75 Å². The zero-order chi connectivity index (χ0) is 26.6. The van der Waals surface area contributed by atoms with E-state index in [0.29, 0.717) is 11.1 Å². The number of aromatic nitrogens is 1. The molecule has 1 aliphatic heterocycles. The SMILES string of the molecule is COc1ccc(CC[N+]2=C(C=C3C(=O)C(c4cn(C)c5ccccc45)=C3O)C(C)(C)c3ccccc32)cc1. The number of aliphatic hydroxyl groups excluding tert-OH is 1. The monoisotopic (exact) mass is 503 g/mol. The topological polar surface area (TPSA) is 54.5 Å². The second-order valence-electron chi connectivity index (χ2n) is 10.6. The van der Waals surface area contributed by atoms with Crippen LogP contribution >= 0.6 is 0 Å². The van der Waals surface area contributed by atoms with Crippen LogP contribution in [0.1, 0.15) is 30.5 Å². The van der Waals surface area contributed by atoms with Gasteiger partial charge >= 0.3 is 0 Å². The Labute approximate surface area is 222 Å². The average molecular weight is 504 g/mol. The molecule has 5 nitrogen and oxygen atoms in total. The van der Waals surface area contributed by atoms with Gasteiger partial charge < -0.3 is 14.4 Å². The van der Waals surface area contributed by atoms with Gasteiger partial charge in [-0.05, 0) is 37.6 Å². The summed E-state index contributed by atoms with van der Waals surface area (Å²) in [5.41, 5.74) is 6.83. The maximum atomic E-state index is 13.5. The van der Waals surface area contributed by atoms with Crippen LogP contribution in [0.15, 0.2) is 96.4 Å². The Morgan fingerprint density at radius 3 is 2.45 bits per heavy atom. The molecule has 1 N–H and O–H groups in total. The summed E-state index contributed by atoms with van der Waals surface area (Å²) < 4.78 is 9.59. The standard InChI is InChI=1S/C33H30N2O3/c1-33(2)26-10-6-8-12-28(26)35(18-17-21-13-15-22(38-4)16-14-21)29(33)19-24-31(36)30(32(24)37)25-20-34(3)27-11-7-5-9-23(25)27/h5-16,19-20H,17-18H2,1-4H3/p+1. The molecule has 0 atom stereocenters. The fourth-order valence-corrected chi connectivity index (χ4v) is 5.86. The van der Waals surface area contributed by atoms with Crippen LogP contribution in [0.25, 0.3) is 16.5 Å². The van der Waals surface area contributed by atoms with Crippen LogP contribution in [0, 0.1) is 0 Å². The molecule has 2 aliphatic rings. The first-order valence-electron chi connectivity index (χ1n) is 12.9. The highest BCUT2D eigenvalue weighted by molar-refractivity contribution is 6.41. The van der Waals surface area contributed by atoms with Gasteiger partial charge in [-0.1, -0.05) is 48.5 Å². The molecule has 0 amide bonds. The van der Waals surface area contributed by atoms with E-state index < -0.39 is 0 Å². The molecule has 0 saturated carbocycles. The van der Waals surface area contributed by atoms with E-state index in [-0.39, 0.29) is 17.0 Å². The number of fused-ring (bicyclic) bond motifs is 2. The van der Waals surface area contributed by atoms with E-state index in [1.807, 2.05) is 60.3 Å². The van der Waals surface area contributed by atoms with E-state index in [4.69, 9.17) is 4.74 Å². The number of benzene rings is 3. The molecular formula is C33H31N2O3+. The van der Waals surface area contributed by atoms with Gasteiger partial charge in [0.05, 0.1) is 23.7 Å². The zero-order valence-electron chi connectivity index (χ0n) is 22.2. The van der Waals surface area contributed by atoms with E-state index in [9.17, 15) is 9.90 Å². The highest BCUT2D eigenvalue weighted by atomic mass is 16.5. The number of nitrogens with zero attached hydrogens (tertiary/aromatic N) is 2. The summed E-state index contributed by atoms with van der Waals surface area (Å²) in [4.78, 5) is 13.5. The number of hydrogen-bond acceptors (Lipinski definition) is 3. The van der Waals surface area contributed by atoms with Crippen LogP contribution in [-0.4, -0.2) is 39.4 Å². The number of allylic oxidation sites excluding steroid dienone is 3. The third kappa shape index (κ3) is 3.61. The maximum absolute atomic E-state index is 13.5. The molecule has 2 heterocycles. The van der Waals surface area contributed by atoms with Gasteiger partial charge in [0.15, 0.2) is 12.3 Å². The second-order valence-corrected chi connectivity index (χ2v) is 10.6. The van der Waals surface area contributed by atoms with Gasteiger partial charge in [0, 0.05) is 53.8 Å². The van der Waals surface area contributed by atoms with Crippen LogP contribution in [0.2, 0.25) is 0 Å². The Morgan fingerprint density at radius 2 is 1.71 bits per heavy atom. The predicted molar refractivity (Wildman–Crippen MR) is 152 cm³/mol. The van der Waals surface area contributed by atoms with Gasteiger partial charge in [0.1, 0.15) is 11.5 Å². The first-order chi connectivity index (χ1) is 18.3. The van der Waals surface area contributed by atoms with Crippen molar-refractivity contribution in [1.82, 2.24) is 4.57 Å². The molecule has 6 rings (SSSR count). The summed E-state index contributed by atoms with van der Waals surface area (Å²) in [7, 11) is 3.63. The molecule has 38 heavy (non-hydrogen) atoms. The smallest absolute Gasteiger partial charge is 0.209 e. The Bertz CT molecular complexity index is 1700. The van der Waals surface area contributed by atoms with E-state index >= 15 is 0 Å². The normalized spacial score (nSPS) is 17.4. The molecular weight excluding hydrogens is 472 g/mol. The van der Waals surface area contributed by atoms with Crippen molar-refractivity contribution in [2.75, 3.05) is 13.7 Å². The van der Waals surface area contributed by atoms with Crippen molar-refractivity contribution in [1.29, 1.82) is 0 Å². The molecule has 1 aliphatic carbocycles. The van der Waals surface area contributed by atoms with E-state index in [1.54, 1.807) is 7.11 Å². The lowest BCUT2D eigenvalue weighted by atomic mass is 9.77. The molecule has 0 spiro atoms. The summed E-state index contributed by atoms with van der Waals surface area (Å²) in [5.74, 6) is 0.792. The van der Waals surface area contributed by atoms with Gasteiger partial charge in [-0.2, -0.15) is 4.58 Å². The third-order valence-electron chi connectivity index (χ3n) is 7.99. The number of methoxy groups -OCH3 is 1. The molecule has 5 heteroatoms. The molecule has 0 fully saturated rings. The van der Waals surface area contributed by atoms with Crippen molar-refractivity contribution < 1.29 is 19.2 Å². The minimum absolute atomic E-state index is 0.0701. The average Bonchev–Trinajstić information content (AvgIpc) is 3.37. The number of Topliss-reactive ketones (excluding diaryl/α,β-unsaturated/α-hetero) is 1. The van der Waals surface area contributed by atoms with Gasteiger partial charge in [0.25, 0.3) is 0 Å². The lowest BCUT2D eigenvalue weighted by Crippen LogP contribution is -2.31. The fraction of sp³-hybridized carbons (Fsp3) is 0.212. The van der Waals surface area contributed by atoms with Crippen LogP contribution in [-0.2, 0) is 23.7 Å². The summed E-state index contributed by atoms with van der Waals surface area (Å²) in [6.45, 7) is 5.11. The van der Waals surface area contributed by atoms with Gasteiger partial charge in [-0.15, -0.1) is 0 Å². The van der Waals surface area contributed by atoms with Crippen molar-refractivity contribution in [3.8, 4) is 5.75 Å². The second kappa shape index (κ2) is 8.88. The number of carbonyl (C=O) groups is 1. The van der Waals surface area contributed by atoms with E-state index in [2.05, 4.69) is 54.8 Å². The Hall–Kier alpha value is -4.38. The quantitative estimate of drug-likeness (QED) is 0.249. The van der Waals surface area contributed by atoms with Crippen molar-refractivity contribution in [3.63, 3.8) is 0 Å². The highest BCUT2D eigenvalue weighted by Crippen LogP contribution is 2.43. The first-order valence-corrected chi connectivity index (χ1v) is 12.9. The van der Waals surface area contributed by atoms with Crippen LogP contribution in [0.4, 0.5) is 5.69 Å². The molecule has 4 aromatic rings. The number of aliphatic hydroxyl groups is 1. The van der Waals surface area contributed by atoms with Crippen LogP contribution < -0.4 is 4.74 Å². The molecule has 0 saturated heterocycles. The summed E-state index contributed by atoms with van der Waals surface area (Å²) in [6.07, 6.45) is 4.66. The largest absolute Gasteiger partial charge is 0.506 e. The van der Waals surface area contributed by atoms with Crippen molar-refractivity contribution >= 4 is 33.7 Å². The molecule has 190 valence electrons. The van der Waals surface area contributed by atoms with Crippen molar-refractivity contribution in [2.24, 2.45) is 7.05 Å². The Morgan fingerprint density at radius 1 is 1.00 bits per heavy atom. The van der Waals surface area contributed by atoms with Crippen LogP contribution in [0.3, 0.4) is 0 Å². The molecule has 1 aromatic heterocycles. The zero-order valence-corrected chi connectivity index (χ0v) is 22.2.